The molecule has 0 spiro atoms. The first kappa shape index (κ1) is 85.8. The van der Waals surface area contributed by atoms with Gasteiger partial charge in [-0.2, -0.15) is 0 Å². The van der Waals surface area contributed by atoms with Crippen molar-refractivity contribution in [1.82, 2.24) is 26.6 Å². The summed E-state index contributed by atoms with van der Waals surface area (Å²) in [5, 5.41) is 98.1. The highest BCUT2D eigenvalue weighted by Crippen LogP contribution is 2.51. The van der Waals surface area contributed by atoms with Crippen LogP contribution in [0.25, 0.3) is 0 Å². The fraction of sp³-hybridized carbons (Fsp3) is 0.814. The zero-order chi connectivity index (χ0) is 70.7. The molecular weight excluding hydrogens is 1430 g/mol. The van der Waals surface area contributed by atoms with E-state index in [1.54, 1.807) is 24.3 Å². The maximum atomic E-state index is 13.7. The molecule has 1 aromatic rings. The average Bonchev–Trinajstić information content (AvgIpc) is 1.07. The van der Waals surface area contributed by atoms with Gasteiger partial charge in [0.2, 0.25) is 29.5 Å². The average molecular weight is 1530 g/mol. The van der Waals surface area contributed by atoms with Crippen LogP contribution in [0, 0.1) is 0 Å². The van der Waals surface area contributed by atoms with E-state index < -0.39 is 128 Å². The molecule has 4 rings (SSSR count). The van der Waals surface area contributed by atoms with Crippen LogP contribution in [0.4, 0.5) is 0 Å². The molecule has 3 fully saturated rings. The smallest absolute Gasteiger partial charge is 0.418 e. The Labute approximate surface area is 575 Å². The van der Waals surface area contributed by atoms with Crippen molar-refractivity contribution in [1.29, 1.82) is 0 Å². The summed E-state index contributed by atoms with van der Waals surface area (Å²) in [5.41, 5.74) is -0.649. The number of carbonyl (C=O) groups excluding carboxylic acids is 5. The van der Waals surface area contributed by atoms with Gasteiger partial charge in [-0.15, -0.1) is 0 Å². The Kier molecular flexibility index (Phi) is 44.1. The Bertz CT molecular complexity index is 2220. The molecule has 0 radical (unpaired) electrons. The molecular formula is C59H101IN5O31P. The minimum Gasteiger partial charge on any atom is -0.418 e. The normalized spacial score (nSPS) is 24.2. The summed E-state index contributed by atoms with van der Waals surface area (Å²) in [7, 11) is 0. The molecule has 97 heavy (non-hydrogen) atoms. The second kappa shape index (κ2) is 49.9. The van der Waals surface area contributed by atoms with Crippen LogP contribution in [-0.4, -0.2) is 331 Å². The number of benzene rings is 1. The van der Waals surface area contributed by atoms with E-state index in [1.807, 2.05) is 0 Å². The van der Waals surface area contributed by atoms with Crippen molar-refractivity contribution in [3.8, 4) is 5.75 Å². The van der Waals surface area contributed by atoms with E-state index in [2.05, 4.69) is 26.6 Å². The molecule has 0 aliphatic carbocycles. The van der Waals surface area contributed by atoms with Crippen LogP contribution in [0.5, 0.6) is 5.75 Å². The van der Waals surface area contributed by atoms with Crippen molar-refractivity contribution >= 4 is 56.8 Å². The predicted molar refractivity (Wildman–Crippen MR) is 342 cm³/mol. The first-order valence-electron chi connectivity index (χ1n) is 32.2. The number of aryl methyl sites for hydroxylation is 1. The zero-order valence-corrected chi connectivity index (χ0v) is 57.4. The lowest BCUT2D eigenvalue weighted by atomic mass is 10.0. The lowest BCUT2D eigenvalue weighted by molar-refractivity contribution is -0.258. The molecule has 15 N–H and O–H groups in total. The molecule has 3 heterocycles. The first-order chi connectivity index (χ1) is 46.6. The van der Waals surface area contributed by atoms with E-state index in [-0.39, 0.29) is 215 Å². The van der Waals surface area contributed by atoms with E-state index in [9.17, 15) is 79.4 Å². The van der Waals surface area contributed by atoms with Gasteiger partial charge in [0.25, 0.3) is 0 Å². The minimum absolute atomic E-state index is 0.00162. The third-order valence-electron chi connectivity index (χ3n) is 14.6. The number of rotatable bonds is 54. The molecule has 1 aromatic carbocycles. The molecule has 1 unspecified atom stereocenters. The Hall–Kier alpha value is -3.63. The molecule has 0 aromatic heterocycles. The summed E-state index contributed by atoms with van der Waals surface area (Å²) in [4.78, 5) is 74.2. The Morgan fingerprint density at radius 1 is 0.443 bits per heavy atom. The van der Waals surface area contributed by atoms with Gasteiger partial charge in [0.1, 0.15) is 47.9 Å². The Morgan fingerprint density at radius 3 is 1.09 bits per heavy atom. The number of carbonyl (C=O) groups is 5. The van der Waals surface area contributed by atoms with Crippen LogP contribution >= 0.6 is 27.3 Å². The van der Waals surface area contributed by atoms with Gasteiger partial charge >= 0.3 is 5.24 Å². The quantitative estimate of drug-likeness (QED) is 0.0165. The molecule has 3 aliphatic heterocycles. The molecule has 36 nitrogen and oxygen atoms in total. The summed E-state index contributed by atoms with van der Waals surface area (Å²) in [5.74, 6) is -1.70. The van der Waals surface area contributed by atoms with Gasteiger partial charge in [0, 0.05) is 77.5 Å². The van der Waals surface area contributed by atoms with Crippen LogP contribution in [0.2, 0.25) is 0 Å². The molecule has 3 aliphatic rings. The van der Waals surface area contributed by atoms with Gasteiger partial charge in [-0.05, 0) is 24.1 Å². The third-order valence-corrected chi connectivity index (χ3v) is 15.6. The maximum absolute atomic E-state index is 13.7. The zero-order valence-electron chi connectivity index (χ0n) is 54.4. The number of amides is 5. The number of aliphatic hydroxyl groups is 9. The largest absolute Gasteiger partial charge is 0.436 e. The minimum atomic E-state index is -3.73. The highest BCUT2D eigenvalue weighted by atomic mass is 127. The fourth-order valence-electron chi connectivity index (χ4n) is 9.43. The van der Waals surface area contributed by atoms with Crippen molar-refractivity contribution in [2.45, 2.75) is 137 Å². The molecule has 3 saturated heterocycles. The summed E-state index contributed by atoms with van der Waals surface area (Å²) in [6, 6.07) is 6.48. The van der Waals surface area contributed by atoms with Gasteiger partial charge < -0.3 is 148 Å². The molecule has 13 atom stereocenters. The van der Waals surface area contributed by atoms with Gasteiger partial charge in [-0.25, -0.2) is 4.57 Å². The van der Waals surface area contributed by atoms with Crippen LogP contribution in [0.3, 0.4) is 0 Å². The van der Waals surface area contributed by atoms with Crippen LogP contribution < -0.4 is 31.1 Å². The summed E-state index contributed by atoms with van der Waals surface area (Å²) in [6.45, 7) is -1.03. The van der Waals surface area contributed by atoms with Gasteiger partial charge in [-0.1, -0.05) is 12.1 Å². The van der Waals surface area contributed by atoms with Gasteiger partial charge in [0.15, 0.2) is 18.9 Å². The number of nitrogens with one attached hydrogen (secondary N) is 5. The molecule has 38 heteroatoms. The van der Waals surface area contributed by atoms with Crippen molar-refractivity contribution in [2.24, 2.45) is 0 Å². The SMILES string of the molecule is O=C(CCOCC(COCCC(=O)NCCOCCO[C@H]1C[C@@H](O)[C@@H](O)[C@@H](CO)O1)(COCCC(=O)NCCOCCO[C@H]1C[C@@H](O)[C@@H](O)[C@@H](CO)O1)NC(=O)CCOCCOCCNC(=O)CCc1ccc(OP(=O)(O)I)cc1)NCCOCCO[C@H]1C[C@@H](O)[C@@H](O)[C@@H](CO)O1. The van der Waals surface area contributed by atoms with E-state index in [0.717, 1.165) is 5.56 Å². The molecule has 560 valence electrons. The molecule has 5 amide bonds. The standard InChI is InChI=1S/C59H101IN5O31P/c60-97(80,81)96-41-4-1-40(2-5-41)3-6-48(72)61-11-19-83-24-23-82-15-10-52(76)65-59(37-87-16-7-49(73)62-12-20-84-25-28-90-53-31-42(69)56(77)45(34-66)93-53,38-88-17-8-50(74)63-13-21-85-26-29-91-54-32-43(70)57(78)46(35-67)94-54)39-89-18-9-51(75)64-14-22-86-27-30-92-55-33-44(71)58(79)47(36-68)95-55/h1-2,4-5,42-47,53-58,66-71,77-79H,3,6-39H2,(H,61,72)(H,62,73)(H,63,74)(H,64,75)(H,65,76)(H,80,81)/t42-,43-,44-,45-,46-,47-,53-,54-,55-,56-,57-,58-/m1/s1. The third kappa shape index (κ3) is 37.7. The van der Waals surface area contributed by atoms with Crippen molar-refractivity contribution in [2.75, 3.05) is 172 Å². The van der Waals surface area contributed by atoms with Gasteiger partial charge in [0.05, 0.1) is 186 Å². The highest BCUT2D eigenvalue weighted by molar-refractivity contribution is 14.2. The lowest BCUT2D eigenvalue weighted by Crippen LogP contribution is -2.59. The Morgan fingerprint density at radius 2 is 0.753 bits per heavy atom. The van der Waals surface area contributed by atoms with E-state index >= 15 is 0 Å². The van der Waals surface area contributed by atoms with Crippen LogP contribution in [0.15, 0.2) is 24.3 Å². The van der Waals surface area contributed by atoms with E-state index in [4.69, 9.17) is 70.8 Å². The Balaban J connectivity index is 1.26. The number of hydrogen-bond acceptors (Lipinski definition) is 30. The fourth-order valence-corrected chi connectivity index (χ4v) is 10.5. The number of aliphatic hydroxyl groups excluding tert-OH is 9. The highest BCUT2D eigenvalue weighted by Gasteiger charge is 2.40. The van der Waals surface area contributed by atoms with Gasteiger partial charge in [-0.3, -0.25) is 24.0 Å². The van der Waals surface area contributed by atoms with Crippen molar-refractivity contribution in [3.63, 3.8) is 0 Å². The summed E-state index contributed by atoms with van der Waals surface area (Å²) >= 11 is 1.32. The topological polar surface area (TPSA) is 503 Å². The molecule has 0 saturated carbocycles. The lowest BCUT2D eigenvalue weighted by Gasteiger charge is -2.36. The van der Waals surface area contributed by atoms with Crippen molar-refractivity contribution in [3.05, 3.63) is 29.8 Å². The van der Waals surface area contributed by atoms with E-state index in [0.29, 0.717) is 6.42 Å². The monoisotopic (exact) mass is 1530 g/mol. The predicted octanol–water partition coefficient (Wildman–Crippen LogP) is -4.92. The number of ether oxygens (including phenoxy) is 14. The second-order valence-corrected chi connectivity index (χ2v) is 27.2. The molecule has 0 bridgehead atoms. The second-order valence-electron chi connectivity index (χ2n) is 22.5. The van der Waals surface area contributed by atoms with Crippen LogP contribution in [0.1, 0.15) is 56.9 Å². The van der Waals surface area contributed by atoms with Crippen LogP contribution in [-0.2, 0) is 101 Å². The summed E-state index contributed by atoms with van der Waals surface area (Å²) in [6.07, 6.45) is -12.7. The van der Waals surface area contributed by atoms with E-state index in [1.165, 1.54) is 22.0 Å². The maximum Gasteiger partial charge on any atom is 0.436 e. The first-order valence-corrected chi connectivity index (χ1v) is 36.5. The van der Waals surface area contributed by atoms with Crippen molar-refractivity contribution < 1.29 is 150 Å². The number of hydrogen-bond donors (Lipinski definition) is 15. The summed E-state index contributed by atoms with van der Waals surface area (Å²) < 4.78 is 95.2. The number of halogens is 1.